The molecule has 0 aliphatic heterocycles. The van der Waals surface area contributed by atoms with Crippen LogP contribution in [0.5, 0.6) is 11.9 Å². The maximum Gasteiger partial charge on any atom is 0.321 e. The van der Waals surface area contributed by atoms with E-state index in [1.807, 2.05) is 6.92 Å². The largest absolute Gasteiger partial charge is 0.480 e. The molecule has 3 rings (SSSR count). The average molecular weight is 368 g/mol. The Hall–Kier alpha value is -2.96. The summed E-state index contributed by atoms with van der Waals surface area (Å²) in [6.07, 6.45) is 0.687. The van der Waals surface area contributed by atoms with Gasteiger partial charge in [0.1, 0.15) is 11.1 Å². The highest BCUT2D eigenvalue weighted by Crippen LogP contribution is 2.31. The van der Waals surface area contributed by atoms with Crippen LogP contribution in [0.15, 0.2) is 24.3 Å². The molecule has 0 saturated heterocycles. The number of fused-ring (bicyclic) bond motifs is 1. The SMILES string of the molecule is COc1nc(OC)c2c(C=O)nn(C(C)c3ccc(C(C)(C)C)cc3)c2n1. The average Bonchev–Trinajstić information content (AvgIpc) is 3.04. The Kier molecular flexibility index (Phi) is 4.87. The summed E-state index contributed by atoms with van der Waals surface area (Å²) in [5.41, 5.74) is 3.12. The molecular formula is C20H24N4O3. The van der Waals surface area contributed by atoms with E-state index in [1.165, 1.54) is 19.8 Å². The zero-order valence-electron chi connectivity index (χ0n) is 16.5. The van der Waals surface area contributed by atoms with E-state index < -0.39 is 0 Å². The number of hydrogen-bond donors (Lipinski definition) is 0. The number of aromatic nitrogens is 4. The highest BCUT2D eigenvalue weighted by molar-refractivity contribution is 5.96. The fraction of sp³-hybridized carbons (Fsp3) is 0.400. The first-order valence-electron chi connectivity index (χ1n) is 8.74. The molecule has 7 nitrogen and oxygen atoms in total. The van der Waals surface area contributed by atoms with Crippen LogP contribution >= 0.6 is 0 Å². The standard InChI is InChI=1S/C20H24N4O3/c1-12(13-7-9-14(10-8-13)20(2,3)4)24-17-16(15(11-25)23-24)18(26-5)22-19(21-17)27-6/h7-12H,1-6H3. The van der Waals surface area contributed by atoms with Gasteiger partial charge in [0.15, 0.2) is 11.9 Å². The molecule has 0 saturated carbocycles. The van der Waals surface area contributed by atoms with Gasteiger partial charge in [0, 0.05) is 0 Å². The zero-order chi connectivity index (χ0) is 19.8. The number of carbonyl (C=O) groups is 1. The first kappa shape index (κ1) is 18.8. The maximum atomic E-state index is 11.6. The van der Waals surface area contributed by atoms with Gasteiger partial charge in [0.05, 0.1) is 20.3 Å². The number of rotatable bonds is 5. The lowest BCUT2D eigenvalue weighted by Gasteiger charge is -2.20. The van der Waals surface area contributed by atoms with Gasteiger partial charge >= 0.3 is 6.01 Å². The van der Waals surface area contributed by atoms with Gasteiger partial charge in [-0.1, -0.05) is 45.0 Å². The van der Waals surface area contributed by atoms with E-state index in [2.05, 4.69) is 60.1 Å². The molecule has 0 fully saturated rings. The van der Waals surface area contributed by atoms with E-state index in [1.54, 1.807) is 4.68 Å². The molecule has 0 amide bonds. The van der Waals surface area contributed by atoms with Gasteiger partial charge in [-0.3, -0.25) is 4.79 Å². The third-order valence-corrected chi connectivity index (χ3v) is 4.64. The van der Waals surface area contributed by atoms with Crippen LogP contribution in [0.1, 0.15) is 55.4 Å². The summed E-state index contributed by atoms with van der Waals surface area (Å²) in [4.78, 5) is 20.1. The molecule has 2 aromatic heterocycles. The predicted octanol–water partition coefficient (Wildman–Crippen LogP) is 3.56. The number of hydrogen-bond acceptors (Lipinski definition) is 6. The molecule has 3 aromatic rings. The maximum absolute atomic E-state index is 11.6. The Morgan fingerprint density at radius 1 is 1.07 bits per heavy atom. The van der Waals surface area contributed by atoms with Crippen molar-refractivity contribution >= 4 is 17.3 Å². The fourth-order valence-corrected chi connectivity index (χ4v) is 3.01. The van der Waals surface area contributed by atoms with Crippen molar-refractivity contribution < 1.29 is 14.3 Å². The molecule has 1 atom stereocenters. The molecule has 0 spiro atoms. The lowest BCUT2D eigenvalue weighted by Crippen LogP contribution is -2.13. The Morgan fingerprint density at radius 3 is 2.26 bits per heavy atom. The van der Waals surface area contributed by atoms with Crippen LogP contribution in [-0.2, 0) is 5.41 Å². The van der Waals surface area contributed by atoms with Crippen molar-refractivity contribution in [3.05, 3.63) is 41.1 Å². The molecule has 7 heteroatoms. The number of aldehydes is 1. The number of benzene rings is 1. The lowest BCUT2D eigenvalue weighted by molar-refractivity contribution is 0.111. The van der Waals surface area contributed by atoms with Crippen LogP contribution in [0.2, 0.25) is 0 Å². The summed E-state index contributed by atoms with van der Waals surface area (Å²) in [7, 11) is 2.97. The number of methoxy groups -OCH3 is 2. The number of nitrogens with zero attached hydrogens (tertiary/aromatic N) is 4. The van der Waals surface area contributed by atoms with E-state index in [-0.39, 0.29) is 29.0 Å². The van der Waals surface area contributed by atoms with E-state index >= 15 is 0 Å². The number of ether oxygens (including phenoxy) is 2. The second kappa shape index (κ2) is 6.98. The zero-order valence-corrected chi connectivity index (χ0v) is 16.5. The first-order chi connectivity index (χ1) is 12.8. The van der Waals surface area contributed by atoms with Crippen LogP contribution in [-0.4, -0.2) is 40.3 Å². The molecular weight excluding hydrogens is 344 g/mol. The van der Waals surface area contributed by atoms with Crippen molar-refractivity contribution in [2.75, 3.05) is 14.2 Å². The Balaban J connectivity index is 2.14. The van der Waals surface area contributed by atoms with Gasteiger partial charge in [-0.05, 0) is 23.5 Å². The van der Waals surface area contributed by atoms with Crippen molar-refractivity contribution in [1.82, 2.24) is 19.7 Å². The topological polar surface area (TPSA) is 79.1 Å². The monoisotopic (exact) mass is 368 g/mol. The predicted molar refractivity (Wildman–Crippen MR) is 103 cm³/mol. The molecule has 0 bridgehead atoms. The van der Waals surface area contributed by atoms with Crippen LogP contribution in [0.3, 0.4) is 0 Å². The van der Waals surface area contributed by atoms with E-state index in [4.69, 9.17) is 9.47 Å². The molecule has 1 unspecified atom stereocenters. The highest BCUT2D eigenvalue weighted by atomic mass is 16.5. The Morgan fingerprint density at radius 2 is 1.74 bits per heavy atom. The van der Waals surface area contributed by atoms with Gasteiger partial charge in [-0.25, -0.2) is 4.68 Å². The minimum absolute atomic E-state index is 0.0822. The Bertz CT molecular complexity index is 972. The number of carbonyl (C=O) groups excluding carboxylic acids is 1. The van der Waals surface area contributed by atoms with Gasteiger partial charge in [-0.2, -0.15) is 15.1 Å². The molecule has 142 valence electrons. The van der Waals surface area contributed by atoms with Crippen molar-refractivity contribution in [1.29, 1.82) is 0 Å². The summed E-state index contributed by atoms with van der Waals surface area (Å²) >= 11 is 0. The third kappa shape index (κ3) is 3.37. The second-order valence-electron chi connectivity index (χ2n) is 7.41. The quantitative estimate of drug-likeness (QED) is 0.641. The van der Waals surface area contributed by atoms with Crippen LogP contribution < -0.4 is 9.47 Å². The van der Waals surface area contributed by atoms with Crippen molar-refractivity contribution in [3.8, 4) is 11.9 Å². The fourth-order valence-electron chi connectivity index (χ4n) is 3.01. The van der Waals surface area contributed by atoms with Crippen LogP contribution in [0, 0.1) is 0 Å². The lowest BCUT2D eigenvalue weighted by atomic mass is 9.86. The summed E-state index contributed by atoms with van der Waals surface area (Å²) in [6, 6.07) is 8.42. The molecule has 1 aromatic carbocycles. The molecule has 0 N–H and O–H groups in total. The van der Waals surface area contributed by atoms with Crippen molar-refractivity contribution in [3.63, 3.8) is 0 Å². The summed E-state index contributed by atoms with van der Waals surface area (Å²) in [5.74, 6) is 0.264. The van der Waals surface area contributed by atoms with Crippen molar-refractivity contribution in [2.45, 2.75) is 39.2 Å². The van der Waals surface area contributed by atoms with Gasteiger partial charge in [0.25, 0.3) is 0 Å². The van der Waals surface area contributed by atoms with Gasteiger partial charge in [-0.15, -0.1) is 0 Å². The van der Waals surface area contributed by atoms with Gasteiger partial charge in [0.2, 0.25) is 5.88 Å². The summed E-state index contributed by atoms with van der Waals surface area (Å²) in [6.45, 7) is 8.54. The third-order valence-electron chi connectivity index (χ3n) is 4.64. The molecule has 27 heavy (non-hydrogen) atoms. The normalized spacial score (nSPS) is 12.8. The minimum Gasteiger partial charge on any atom is -0.480 e. The smallest absolute Gasteiger partial charge is 0.321 e. The molecule has 2 heterocycles. The van der Waals surface area contributed by atoms with E-state index in [0.29, 0.717) is 17.3 Å². The molecule has 0 aliphatic rings. The van der Waals surface area contributed by atoms with Crippen molar-refractivity contribution in [2.24, 2.45) is 0 Å². The van der Waals surface area contributed by atoms with Gasteiger partial charge < -0.3 is 9.47 Å². The van der Waals surface area contributed by atoms with Crippen LogP contribution in [0.25, 0.3) is 11.0 Å². The summed E-state index contributed by atoms with van der Waals surface area (Å²) in [5, 5.41) is 4.93. The highest BCUT2D eigenvalue weighted by Gasteiger charge is 2.23. The minimum atomic E-state index is -0.139. The molecule has 0 radical (unpaired) electrons. The first-order valence-corrected chi connectivity index (χ1v) is 8.74. The van der Waals surface area contributed by atoms with Crippen LogP contribution in [0.4, 0.5) is 0 Å². The van der Waals surface area contributed by atoms with E-state index in [0.717, 1.165) is 5.56 Å². The second-order valence-corrected chi connectivity index (χ2v) is 7.41. The molecule has 0 aliphatic carbocycles. The van der Waals surface area contributed by atoms with E-state index in [9.17, 15) is 4.79 Å². The Labute approximate surface area is 158 Å². The summed E-state index contributed by atoms with van der Waals surface area (Å²) < 4.78 is 12.2.